The number of fused-ring (bicyclic) bond motifs is 1. The Morgan fingerprint density at radius 2 is 1.65 bits per heavy atom. The van der Waals surface area contributed by atoms with E-state index in [1.54, 1.807) is 17.1 Å². The monoisotopic (exact) mass is 465 g/mol. The Morgan fingerprint density at radius 3 is 2.26 bits per heavy atom. The second-order valence-corrected chi connectivity index (χ2v) is 9.58. The van der Waals surface area contributed by atoms with Crippen LogP contribution in [0.3, 0.4) is 0 Å². The molecule has 8 nitrogen and oxygen atoms in total. The highest BCUT2D eigenvalue weighted by Gasteiger charge is 2.51. The van der Waals surface area contributed by atoms with E-state index in [0.29, 0.717) is 32.0 Å². The zero-order valence-electron chi connectivity index (χ0n) is 20.2. The number of hydrogen-bond acceptors (Lipinski definition) is 5. The number of carbonyl (C=O) groups excluding carboxylic acids is 2. The predicted molar refractivity (Wildman–Crippen MR) is 130 cm³/mol. The zero-order valence-corrected chi connectivity index (χ0v) is 20.2. The van der Waals surface area contributed by atoms with Crippen molar-refractivity contribution in [2.75, 3.05) is 26.7 Å². The standard InChI is InChI=1S/C26H35N5O3/c1-19(2)16-29-17-23-30(22(25(29)33)14-20-10-6-4-7-11-20)24(32)18-28(3)31(23)26(34)27-15-21-12-8-5-9-13-21/h4-13,19,22-24,32H,14-18H2,1-3H3,(H,27,34)/t22-,23-,24?/m0/s1. The van der Waals surface area contributed by atoms with Gasteiger partial charge in [-0.25, -0.2) is 19.7 Å². The summed E-state index contributed by atoms with van der Waals surface area (Å²) in [6.07, 6.45) is -0.841. The van der Waals surface area contributed by atoms with E-state index in [-0.39, 0.29) is 18.5 Å². The van der Waals surface area contributed by atoms with Gasteiger partial charge in [-0.15, -0.1) is 0 Å². The van der Waals surface area contributed by atoms with Crippen LogP contribution >= 0.6 is 0 Å². The molecule has 3 amide bonds. The number of benzene rings is 2. The van der Waals surface area contributed by atoms with Gasteiger partial charge in [0.05, 0.1) is 19.1 Å². The summed E-state index contributed by atoms with van der Waals surface area (Å²) in [6.45, 7) is 5.76. The molecule has 2 aliphatic rings. The maximum Gasteiger partial charge on any atom is 0.333 e. The van der Waals surface area contributed by atoms with Crippen LogP contribution in [-0.4, -0.2) is 82.0 Å². The highest BCUT2D eigenvalue weighted by molar-refractivity contribution is 5.84. The predicted octanol–water partition coefficient (Wildman–Crippen LogP) is 2.11. The molecule has 2 saturated heterocycles. The summed E-state index contributed by atoms with van der Waals surface area (Å²) < 4.78 is 0. The van der Waals surface area contributed by atoms with Gasteiger partial charge in [-0.3, -0.25) is 4.79 Å². The van der Waals surface area contributed by atoms with Gasteiger partial charge in [-0.05, 0) is 23.5 Å². The van der Waals surface area contributed by atoms with Gasteiger partial charge in [0.25, 0.3) is 0 Å². The Kier molecular flexibility index (Phi) is 7.50. The lowest BCUT2D eigenvalue weighted by Crippen LogP contribution is -2.77. The van der Waals surface area contributed by atoms with Crippen LogP contribution in [0.15, 0.2) is 60.7 Å². The lowest BCUT2D eigenvalue weighted by atomic mass is 9.98. The lowest BCUT2D eigenvalue weighted by molar-refractivity contribution is -0.222. The van der Waals surface area contributed by atoms with E-state index in [9.17, 15) is 14.7 Å². The average molecular weight is 466 g/mol. The van der Waals surface area contributed by atoms with Crippen LogP contribution in [-0.2, 0) is 17.8 Å². The summed E-state index contributed by atoms with van der Waals surface area (Å²) in [6, 6.07) is 18.8. The Morgan fingerprint density at radius 1 is 1.03 bits per heavy atom. The number of carbonyl (C=O) groups is 2. The molecular formula is C26H35N5O3. The molecule has 2 aliphatic heterocycles. The smallest absolute Gasteiger partial charge is 0.333 e. The van der Waals surface area contributed by atoms with E-state index in [0.717, 1.165) is 11.1 Å². The van der Waals surface area contributed by atoms with Gasteiger partial charge in [-0.1, -0.05) is 74.5 Å². The van der Waals surface area contributed by atoms with E-state index in [2.05, 4.69) is 19.2 Å². The van der Waals surface area contributed by atoms with Crippen molar-refractivity contribution in [2.45, 2.75) is 45.2 Å². The fraction of sp³-hybridized carbons (Fsp3) is 0.462. The molecule has 0 aliphatic carbocycles. The van der Waals surface area contributed by atoms with E-state index < -0.39 is 18.4 Å². The number of likely N-dealkylation sites (N-methyl/N-ethyl adjacent to an activating group) is 1. The number of aliphatic hydroxyl groups is 1. The first kappa shape index (κ1) is 24.2. The largest absolute Gasteiger partial charge is 0.377 e. The van der Waals surface area contributed by atoms with Crippen molar-refractivity contribution in [3.05, 3.63) is 71.8 Å². The fourth-order valence-corrected chi connectivity index (χ4v) is 4.96. The molecule has 2 fully saturated rings. The van der Waals surface area contributed by atoms with Crippen molar-refractivity contribution in [1.82, 2.24) is 25.1 Å². The Bertz CT molecular complexity index is 971. The molecule has 0 aromatic heterocycles. The quantitative estimate of drug-likeness (QED) is 0.683. The van der Waals surface area contributed by atoms with Crippen LogP contribution in [0, 0.1) is 5.92 Å². The number of nitrogens with zero attached hydrogens (tertiary/aromatic N) is 4. The summed E-state index contributed by atoms with van der Waals surface area (Å²) in [5.74, 6) is 0.293. The summed E-state index contributed by atoms with van der Waals surface area (Å²) >= 11 is 0. The number of aliphatic hydroxyl groups excluding tert-OH is 1. The first-order valence-electron chi connectivity index (χ1n) is 12.0. The minimum atomic E-state index is -0.855. The molecule has 2 aromatic rings. The van der Waals surface area contributed by atoms with Gasteiger partial charge in [-0.2, -0.15) is 0 Å². The minimum Gasteiger partial charge on any atom is -0.377 e. The Balaban J connectivity index is 1.61. The van der Waals surface area contributed by atoms with Gasteiger partial charge in [0.2, 0.25) is 5.91 Å². The molecule has 3 atom stereocenters. The zero-order chi connectivity index (χ0) is 24.2. The van der Waals surface area contributed by atoms with Crippen LogP contribution in [0.5, 0.6) is 0 Å². The summed E-state index contributed by atoms with van der Waals surface area (Å²) in [7, 11) is 1.80. The number of urea groups is 1. The number of hydrazine groups is 1. The van der Waals surface area contributed by atoms with Crippen molar-refractivity contribution in [3.63, 3.8) is 0 Å². The number of amides is 3. The first-order valence-corrected chi connectivity index (χ1v) is 12.0. The van der Waals surface area contributed by atoms with E-state index in [4.69, 9.17) is 0 Å². The SMILES string of the molecule is CC(C)CN1C[C@H]2N(C(O)CN(C)N2C(=O)NCc2ccccc2)[C@@H](Cc2ccccc2)C1=O. The molecule has 2 aromatic carbocycles. The summed E-state index contributed by atoms with van der Waals surface area (Å²) in [5.41, 5.74) is 2.03. The summed E-state index contributed by atoms with van der Waals surface area (Å²) in [5, 5.41) is 17.5. The molecular weight excluding hydrogens is 430 g/mol. The number of β-amino-alcohol motifs (C(OH)–C–C–N with tert-alkyl or cyclic N) is 1. The van der Waals surface area contributed by atoms with Gasteiger partial charge in [0.15, 0.2) is 0 Å². The number of hydrogen-bond donors (Lipinski definition) is 2. The molecule has 2 heterocycles. The second kappa shape index (κ2) is 10.5. The van der Waals surface area contributed by atoms with E-state index >= 15 is 0 Å². The fourth-order valence-electron chi connectivity index (χ4n) is 4.96. The van der Waals surface area contributed by atoms with E-state index in [1.807, 2.05) is 70.5 Å². The third kappa shape index (κ3) is 5.24. The third-order valence-electron chi connectivity index (χ3n) is 6.46. The molecule has 1 unspecified atom stereocenters. The molecule has 2 N–H and O–H groups in total. The lowest BCUT2D eigenvalue weighted by Gasteiger charge is -2.56. The molecule has 0 spiro atoms. The van der Waals surface area contributed by atoms with Crippen molar-refractivity contribution >= 4 is 11.9 Å². The molecule has 0 bridgehead atoms. The average Bonchev–Trinajstić information content (AvgIpc) is 2.81. The van der Waals surface area contributed by atoms with Crippen LogP contribution in [0.25, 0.3) is 0 Å². The highest BCUT2D eigenvalue weighted by atomic mass is 16.3. The third-order valence-corrected chi connectivity index (χ3v) is 6.46. The van der Waals surface area contributed by atoms with Crippen molar-refractivity contribution in [2.24, 2.45) is 5.92 Å². The number of piperazine rings is 1. The Labute approximate surface area is 201 Å². The van der Waals surface area contributed by atoms with Crippen LogP contribution in [0.4, 0.5) is 4.79 Å². The molecule has 0 saturated carbocycles. The molecule has 34 heavy (non-hydrogen) atoms. The number of nitrogens with one attached hydrogen (secondary N) is 1. The van der Waals surface area contributed by atoms with Crippen LogP contribution in [0.1, 0.15) is 25.0 Å². The van der Waals surface area contributed by atoms with E-state index in [1.165, 1.54) is 0 Å². The van der Waals surface area contributed by atoms with Gasteiger partial charge >= 0.3 is 6.03 Å². The maximum atomic E-state index is 13.6. The first-order chi connectivity index (χ1) is 16.3. The van der Waals surface area contributed by atoms with Gasteiger partial charge in [0.1, 0.15) is 12.4 Å². The molecule has 0 radical (unpaired) electrons. The summed E-state index contributed by atoms with van der Waals surface area (Å²) in [4.78, 5) is 30.6. The number of rotatable bonds is 6. The molecule has 4 rings (SSSR count). The second-order valence-electron chi connectivity index (χ2n) is 9.58. The topological polar surface area (TPSA) is 79.4 Å². The normalized spacial score (nSPS) is 23.8. The molecule has 8 heteroatoms. The maximum absolute atomic E-state index is 13.6. The Hall–Kier alpha value is -2.94. The molecule has 182 valence electrons. The van der Waals surface area contributed by atoms with Crippen molar-refractivity contribution in [3.8, 4) is 0 Å². The van der Waals surface area contributed by atoms with Gasteiger partial charge < -0.3 is 15.3 Å². The van der Waals surface area contributed by atoms with Crippen molar-refractivity contribution in [1.29, 1.82) is 0 Å². The van der Waals surface area contributed by atoms with Gasteiger partial charge in [0, 0.05) is 20.1 Å². The van der Waals surface area contributed by atoms with Crippen molar-refractivity contribution < 1.29 is 14.7 Å². The minimum absolute atomic E-state index is 0.00190. The van der Waals surface area contributed by atoms with Crippen LogP contribution in [0.2, 0.25) is 0 Å². The van der Waals surface area contributed by atoms with Crippen LogP contribution < -0.4 is 5.32 Å². The highest BCUT2D eigenvalue weighted by Crippen LogP contribution is 2.29.